The topological polar surface area (TPSA) is 147 Å². The van der Waals surface area contributed by atoms with Gasteiger partial charge in [0.1, 0.15) is 17.8 Å². The van der Waals surface area contributed by atoms with Crippen molar-refractivity contribution in [2.75, 3.05) is 12.3 Å². The molecule has 0 amide bonds. The Bertz CT molecular complexity index is 737. The highest BCUT2D eigenvalue weighted by atomic mass is 16.6. The van der Waals surface area contributed by atoms with Crippen molar-refractivity contribution >= 4 is 17.0 Å². The van der Waals surface area contributed by atoms with Crippen molar-refractivity contribution in [2.45, 2.75) is 31.0 Å². The summed E-state index contributed by atoms with van der Waals surface area (Å²) in [4.78, 5) is 18.2. The zero-order chi connectivity index (χ0) is 15.4. The zero-order valence-corrected chi connectivity index (χ0v) is 11.2. The number of aromatic nitrogens is 3. The highest BCUT2D eigenvalue weighted by Gasteiger charge is 2.53. The minimum absolute atomic E-state index is 0.0654. The maximum absolute atomic E-state index is 11.8. The second kappa shape index (κ2) is 4.53. The Balaban J connectivity index is 2.15. The molecule has 0 unspecified atom stereocenters. The van der Waals surface area contributed by atoms with Crippen molar-refractivity contribution in [3.05, 3.63) is 22.6 Å². The molecule has 0 radical (unpaired) electrons. The maximum Gasteiger partial charge on any atom is 0.261 e. The first-order valence-corrected chi connectivity index (χ1v) is 6.39. The van der Waals surface area contributed by atoms with E-state index >= 15 is 0 Å². The molecule has 114 valence electrons. The number of nitrogens with two attached hydrogens (primary N) is 1. The van der Waals surface area contributed by atoms with Crippen LogP contribution in [0.3, 0.4) is 0 Å². The fraction of sp³-hybridized carbons (Fsp3) is 0.500. The van der Waals surface area contributed by atoms with Crippen molar-refractivity contribution in [2.24, 2.45) is 0 Å². The zero-order valence-electron chi connectivity index (χ0n) is 11.2. The fourth-order valence-corrected chi connectivity index (χ4v) is 2.64. The average molecular weight is 296 g/mol. The van der Waals surface area contributed by atoms with Crippen molar-refractivity contribution in [3.8, 4) is 0 Å². The summed E-state index contributed by atoms with van der Waals surface area (Å²) in [5, 5.41) is 29.9. The van der Waals surface area contributed by atoms with Gasteiger partial charge >= 0.3 is 0 Å². The van der Waals surface area contributed by atoms with Crippen LogP contribution in [0.5, 0.6) is 0 Å². The highest BCUT2D eigenvalue weighted by molar-refractivity contribution is 5.76. The number of nitrogens with one attached hydrogen (secondary N) is 1. The Morgan fingerprint density at radius 1 is 1.62 bits per heavy atom. The molecule has 3 heterocycles. The number of hydrogen-bond acceptors (Lipinski definition) is 7. The number of aromatic amines is 1. The van der Waals surface area contributed by atoms with Crippen molar-refractivity contribution in [1.82, 2.24) is 14.5 Å². The maximum atomic E-state index is 11.8. The first kappa shape index (κ1) is 14.0. The number of ether oxygens (including phenoxy) is 1. The Hall–Kier alpha value is -1.94. The first-order valence-electron chi connectivity index (χ1n) is 6.39. The van der Waals surface area contributed by atoms with Gasteiger partial charge in [-0.3, -0.25) is 9.78 Å². The Kier molecular flexibility index (Phi) is 3.02. The largest absolute Gasteiger partial charge is 0.394 e. The normalized spacial score (nSPS) is 32.9. The lowest BCUT2D eigenvalue weighted by Gasteiger charge is -2.27. The van der Waals surface area contributed by atoms with E-state index < -0.39 is 36.2 Å². The summed E-state index contributed by atoms with van der Waals surface area (Å²) in [6.07, 6.45) is -1.69. The molecule has 0 aromatic carbocycles. The van der Waals surface area contributed by atoms with E-state index in [0.717, 1.165) is 0 Å². The van der Waals surface area contributed by atoms with E-state index in [9.17, 15) is 20.1 Å². The van der Waals surface area contributed by atoms with Gasteiger partial charge in [-0.1, -0.05) is 0 Å². The molecule has 21 heavy (non-hydrogen) atoms. The number of anilines is 1. The molecule has 6 N–H and O–H groups in total. The molecule has 9 nitrogen and oxygen atoms in total. The van der Waals surface area contributed by atoms with Gasteiger partial charge in [0.05, 0.1) is 12.0 Å². The van der Waals surface area contributed by atoms with Crippen LogP contribution in [-0.2, 0) is 4.74 Å². The molecule has 1 aliphatic heterocycles. The highest BCUT2D eigenvalue weighted by Crippen LogP contribution is 2.39. The number of aliphatic hydroxyl groups excluding tert-OH is 2. The average Bonchev–Trinajstić information content (AvgIpc) is 2.91. The molecule has 3 rings (SSSR count). The van der Waals surface area contributed by atoms with Crippen molar-refractivity contribution in [1.29, 1.82) is 0 Å². The predicted octanol–water partition coefficient (Wildman–Crippen LogP) is -1.69. The lowest BCUT2D eigenvalue weighted by molar-refractivity contribution is -0.0948. The van der Waals surface area contributed by atoms with Crippen LogP contribution < -0.4 is 11.3 Å². The van der Waals surface area contributed by atoms with E-state index in [1.165, 1.54) is 23.8 Å². The van der Waals surface area contributed by atoms with Crippen LogP contribution in [-0.4, -0.2) is 54.3 Å². The van der Waals surface area contributed by atoms with Gasteiger partial charge in [-0.05, 0) is 13.0 Å². The monoisotopic (exact) mass is 296 g/mol. The third kappa shape index (κ3) is 1.94. The second-order valence-corrected chi connectivity index (χ2v) is 5.29. The van der Waals surface area contributed by atoms with Gasteiger partial charge in [-0.15, -0.1) is 0 Å². The second-order valence-electron chi connectivity index (χ2n) is 5.29. The van der Waals surface area contributed by atoms with E-state index in [0.29, 0.717) is 0 Å². The molecule has 4 atom stereocenters. The SMILES string of the molecule is C[C@@]1(O)[C@H](O)[C@@H](CO)O[C@H]1n1ccc2c(=O)[nH]c(N)nc21. The molecule has 1 saturated heterocycles. The minimum atomic E-state index is -1.65. The molecule has 0 aliphatic carbocycles. The van der Waals surface area contributed by atoms with E-state index in [-0.39, 0.29) is 17.0 Å². The van der Waals surface area contributed by atoms with Crippen LogP contribution in [0, 0.1) is 0 Å². The number of hydrogen-bond donors (Lipinski definition) is 5. The number of H-pyrrole nitrogens is 1. The summed E-state index contributed by atoms with van der Waals surface area (Å²) in [7, 11) is 0. The lowest BCUT2D eigenvalue weighted by Crippen LogP contribution is -2.44. The molecule has 9 heteroatoms. The molecule has 0 spiro atoms. The van der Waals surface area contributed by atoms with Gasteiger partial charge in [0.25, 0.3) is 5.56 Å². The van der Waals surface area contributed by atoms with Crippen LogP contribution >= 0.6 is 0 Å². The number of rotatable bonds is 2. The van der Waals surface area contributed by atoms with Gasteiger partial charge in [-0.25, -0.2) is 0 Å². The molecule has 1 fully saturated rings. The van der Waals surface area contributed by atoms with Gasteiger partial charge in [0.15, 0.2) is 11.9 Å². The first-order chi connectivity index (χ1) is 9.86. The minimum Gasteiger partial charge on any atom is -0.394 e. The predicted molar refractivity (Wildman–Crippen MR) is 72.4 cm³/mol. The summed E-state index contributed by atoms with van der Waals surface area (Å²) in [5.41, 5.74) is 3.69. The van der Waals surface area contributed by atoms with Crippen molar-refractivity contribution in [3.63, 3.8) is 0 Å². The smallest absolute Gasteiger partial charge is 0.261 e. The van der Waals surface area contributed by atoms with Crippen LogP contribution in [0.25, 0.3) is 11.0 Å². The van der Waals surface area contributed by atoms with Gasteiger partial charge in [0, 0.05) is 6.20 Å². The number of aliphatic hydroxyl groups is 3. The summed E-state index contributed by atoms with van der Waals surface area (Å²) in [5.74, 6) is -0.0654. The quantitative estimate of drug-likeness (QED) is 0.444. The number of nitrogens with zero attached hydrogens (tertiary/aromatic N) is 2. The van der Waals surface area contributed by atoms with E-state index in [2.05, 4.69) is 9.97 Å². The molecular formula is C12H16N4O5. The Morgan fingerprint density at radius 3 is 2.95 bits per heavy atom. The van der Waals surface area contributed by atoms with E-state index in [4.69, 9.17) is 10.5 Å². The summed E-state index contributed by atoms with van der Waals surface area (Å²) in [6, 6.07) is 1.51. The molecule has 1 aliphatic rings. The standard InChI is InChI=1S/C12H16N4O5/c1-12(20)7(18)6(4-17)21-10(12)16-3-2-5-8(16)14-11(13)15-9(5)19/h2-3,6-7,10,17-18,20H,4H2,1H3,(H3,13,14,15,19)/t6-,7-,10-,12-/m1/s1. The van der Waals surface area contributed by atoms with Gasteiger partial charge in [0.2, 0.25) is 5.95 Å². The molecule has 2 aromatic rings. The van der Waals surface area contributed by atoms with Crippen LogP contribution in [0.1, 0.15) is 13.2 Å². The summed E-state index contributed by atoms with van der Waals surface area (Å²) >= 11 is 0. The van der Waals surface area contributed by atoms with Crippen LogP contribution in [0.2, 0.25) is 0 Å². The van der Waals surface area contributed by atoms with Gasteiger partial charge < -0.3 is 30.4 Å². The number of fused-ring (bicyclic) bond motifs is 1. The molecule has 2 aromatic heterocycles. The van der Waals surface area contributed by atoms with E-state index in [1.54, 1.807) is 0 Å². The third-order valence-corrected chi connectivity index (χ3v) is 3.79. The summed E-state index contributed by atoms with van der Waals surface area (Å²) < 4.78 is 6.91. The summed E-state index contributed by atoms with van der Waals surface area (Å²) in [6.45, 7) is 0.948. The van der Waals surface area contributed by atoms with Crippen LogP contribution in [0.4, 0.5) is 5.95 Å². The Morgan fingerprint density at radius 2 is 2.33 bits per heavy atom. The lowest BCUT2D eigenvalue weighted by atomic mass is 9.96. The third-order valence-electron chi connectivity index (χ3n) is 3.79. The van der Waals surface area contributed by atoms with Crippen LogP contribution in [0.15, 0.2) is 17.1 Å². The Labute approximate surface area is 118 Å². The van der Waals surface area contributed by atoms with Gasteiger partial charge in [-0.2, -0.15) is 4.98 Å². The molecular weight excluding hydrogens is 280 g/mol. The fourth-order valence-electron chi connectivity index (χ4n) is 2.64. The van der Waals surface area contributed by atoms with E-state index in [1.807, 2.05) is 0 Å². The molecule has 0 saturated carbocycles. The molecule has 0 bridgehead atoms. The number of nitrogen functional groups attached to an aromatic ring is 1. The van der Waals surface area contributed by atoms with Crippen molar-refractivity contribution < 1.29 is 20.1 Å².